The molecule has 3 heteroatoms. The molecule has 1 N–H and O–H groups in total. The molecule has 0 saturated heterocycles. The molecule has 0 heterocycles. The maximum absolute atomic E-state index is 12.0. The van der Waals surface area contributed by atoms with Crippen LogP contribution in [0.1, 0.15) is 123 Å². The summed E-state index contributed by atoms with van der Waals surface area (Å²) in [5.41, 5.74) is 0. The summed E-state index contributed by atoms with van der Waals surface area (Å²) in [5, 5.41) is 8.76. The second kappa shape index (κ2) is 21.5. The van der Waals surface area contributed by atoms with Crippen molar-refractivity contribution >= 4 is 5.97 Å². The number of allylic oxidation sites excluding steroid dienone is 1. The second-order valence-corrected chi connectivity index (χ2v) is 7.76. The molecule has 0 aromatic rings. The number of carbonyl (C=O) groups is 1. The van der Waals surface area contributed by atoms with Crippen LogP contribution in [0.3, 0.4) is 0 Å². The Labute approximate surface area is 169 Å². The highest BCUT2D eigenvalue weighted by Gasteiger charge is 2.12. The van der Waals surface area contributed by atoms with E-state index in [2.05, 4.69) is 26.0 Å². The van der Waals surface area contributed by atoms with Gasteiger partial charge in [0.1, 0.15) is 6.10 Å². The van der Waals surface area contributed by atoms with E-state index in [9.17, 15) is 4.79 Å². The molecule has 0 aromatic carbocycles. The zero-order valence-electron chi connectivity index (χ0n) is 18.2. The van der Waals surface area contributed by atoms with Gasteiger partial charge in [0.05, 0.1) is 0 Å². The summed E-state index contributed by atoms with van der Waals surface area (Å²) in [5.74, 6) is -0.0137. The van der Waals surface area contributed by atoms with E-state index in [-0.39, 0.29) is 12.1 Å². The van der Waals surface area contributed by atoms with E-state index in [1.54, 1.807) is 0 Å². The highest BCUT2D eigenvalue weighted by atomic mass is 16.5. The summed E-state index contributed by atoms with van der Waals surface area (Å²) in [4.78, 5) is 12.0. The van der Waals surface area contributed by atoms with E-state index in [4.69, 9.17) is 9.84 Å². The van der Waals surface area contributed by atoms with Crippen molar-refractivity contribution in [2.24, 2.45) is 0 Å². The average Bonchev–Trinajstić information content (AvgIpc) is 2.66. The van der Waals surface area contributed by atoms with Gasteiger partial charge in [-0.3, -0.25) is 4.79 Å². The number of carbonyl (C=O) groups excluding carboxylic acids is 1. The molecule has 160 valence electrons. The Morgan fingerprint density at radius 3 is 2.15 bits per heavy atom. The van der Waals surface area contributed by atoms with Crippen LogP contribution >= 0.6 is 0 Å². The van der Waals surface area contributed by atoms with Gasteiger partial charge in [0.15, 0.2) is 0 Å². The van der Waals surface area contributed by atoms with Crippen LogP contribution < -0.4 is 0 Å². The maximum Gasteiger partial charge on any atom is 0.306 e. The molecule has 0 unspecified atom stereocenters. The zero-order chi connectivity index (χ0) is 20.0. The Kier molecular flexibility index (Phi) is 20.8. The van der Waals surface area contributed by atoms with Crippen molar-refractivity contribution in [3.05, 3.63) is 12.2 Å². The van der Waals surface area contributed by atoms with Crippen molar-refractivity contribution in [1.29, 1.82) is 0 Å². The van der Waals surface area contributed by atoms with Gasteiger partial charge in [-0.2, -0.15) is 0 Å². The first kappa shape index (κ1) is 26.2. The Bertz CT molecular complexity index is 339. The van der Waals surface area contributed by atoms with Gasteiger partial charge in [0.25, 0.3) is 0 Å². The largest absolute Gasteiger partial charge is 0.462 e. The number of rotatable bonds is 20. The first-order valence-electron chi connectivity index (χ1n) is 11.7. The van der Waals surface area contributed by atoms with Crippen LogP contribution in [0.25, 0.3) is 0 Å². The van der Waals surface area contributed by atoms with Gasteiger partial charge in [0.2, 0.25) is 0 Å². The van der Waals surface area contributed by atoms with Gasteiger partial charge in [-0.1, -0.05) is 83.8 Å². The van der Waals surface area contributed by atoms with Crippen molar-refractivity contribution in [1.82, 2.24) is 0 Å². The lowest BCUT2D eigenvalue weighted by Gasteiger charge is -2.16. The van der Waals surface area contributed by atoms with Crippen LogP contribution in [0.4, 0.5) is 0 Å². The molecule has 0 bridgehead atoms. The number of unbranched alkanes of at least 4 members (excludes halogenated alkanes) is 11. The minimum absolute atomic E-state index is 0.0137. The third-order valence-electron chi connectivity index (χ3n) is 5.01. The molecule has 1 atom stereocenters. The first-order chi connectivity index (χ1) is 13.2. The van der Waals surface area contributed by atoms with Gasteiger partial charge < -0.3 is 9.84 Å². The Hall–Kier alpha value is -0.830. The summed E-state index contributed by atoms with van der Waals surface area (Å²) < 4.78 is 5.75. The normalized spacial score (nSPS) is 12.6. The van der Waals surface area contributed by atoms with Gasteiger partial charge in [0, 0.05) is 19.4 Å². The Balaban J connectivity index is 3.97. The molecule has 0 saturated carbocycles. The van der Waals surface area contributed by atoms with Crippen molar-refractivity contribution in [2.75, 3.05) is 6.61 Å². The summed E-state index contributed by atoms with van der Waals surface area (Å²) in [6.07, 6.45) is 23.3. The molecular weight excluding hydrogens is 336 g/mol. The quantitative estimate of drug-likeness (QED) is 0.138. The Morgan fingerprint density at radius 2 is 1.44 bits per heavy atom. The third kappa shape index (κ3) is 19.7. The fraction of sp³-hybridized carbons (Fsp3) is 0.875. The van der Waals surface area contributed by atoms with Gasteiger partial charge in [-0.15, -0.1) is 0 Å². The fourth-order valence-electron chi connectivity index (χ4n) is 3.23. The third-order valence-corrected chi connectivity index (χ3v) is 5.01. The number of esters is 1. The minimum Gasteiger partial charge on any atom is -0.462 e. The summed E-state index contributed by atoms with van der Waals surface area (Å²) in [6, 6.07) is 0. The molecule has 0 amide bonds. The lowest BCUT2D eigenvalue weighted by atomic mass is 10.1. The number of hydrogen-bond acceptors (Lipinski definition) is 3. The maximum atomic E-state index is 12.0. The zero-order valence-corrected chi connectivity index (χ0v) is 18.2. The van der Waals surface area contributed by atoms with Crippen LogP contribution in [-0.2, 0) is 9.53 Å². The molecule has 27 heavy (non-hydrogen) atoms. The van der Waals surface area contributed by atoms with Crippen molar-refractivity contribution < 1.29 is 14.6 Å². The van der Waals surface area contributed by atoms with E-state index < -0.39 is 0 Å². The summed E-state index contributed by atoms with van der Waals surface area (Å²) in [7, 11) is 0. The first-order valence-corrected chi connectivity index (χ1v) is 11.7. The molecule has 0 fully saturated rings. The highest BCUT2D eigenvalue weighted by Crippen LogP contribution is 2.15. The van der Waals surface area contributed by atoms with E-state index in [1.807, 2.05) is 0 Å². The molecule has 0 spiro atoms. The van der Waals surface area contributed by atoms with Gasteiger partial charge in [-0.05, 0) is 38.5 Å². The van der Waals surface area contributed by atoms with E-state index in [0.717, 1.165) is 57.8 Å². The van der Waals surface area contributed by atoms with Gasteiger partial charge >= 0.3 is 5.97 Å². The molecular formula is C24H46O3. The highest BCUT2D eigenvalue weighted by molar-refractivity contribution is 5.69. The fourth-order valence-corrected chi connectivity index (χ4v) is 3.23. The smallest absolute Gasteiger partial charge is 0.306 e. The van der Waals surface area contributed by atoms with Crippen molar-refractivity contribution in [3.8, 4) is 0 Å². The lowest BCUT2D eigenvalue weighted by Crippen LogP contribution is -2.17. The van der Waals surface area contributed by atoms with E-state index in [1.165, 1.54) is 44.9 Å². The van der Waals surface area contributed by atoms with Crippen LogP contribution in [0.2, 0.25) is 0 Å². The monoisotopic (exact) mass is 382 g/mol. The molecule has 0 aliphatic rings. The SMILES string of the molecule is CCCCCC[C@H](C/C=C\CCCCCCCCO)OC(=O)CCCCC. The number of ether oxygens (including phenoxy) is 1. The average molecular weight is 383 g/mol. The number of aliphatic hydroxyl groups excluding tert-OH is 1. The minimum atomic E-state index is -0.0137. The van der Waals surface area contributed by atoms with Gasteiger partial charge in [-0.25, -0.2) is 0 Å². The predicted molar refractivity (Wildman–Crippen MR) is 116 cm³/mol. The lowest BCUT2D eigenvalue weighted by molar-refractivity contribution is -0.149. The van der Waals surface area contributed by atoms with E-state index >= 15 is 0 Å². The molecule has 0 aliphatic carbocycles. The number of aliphatic hydroxyl groups is 1. The molecule has 0 radical (unpaired) electrons. The predicted octanol–water partition coefficient (Wildman–Crippen LogP) is 7.12. The van der Waals surface area contributed by atoms with Crippen LogP contribution in [-0.4, -0.2) is 23.8 Å². The Morgan fingerprint density at radius 1 is 0.815 bits per heavy atom. The second-order valence-electron chi connectivity index (χ2n) is 7.76. The molecule has 0 aliphatic heterocycles. The molecule has 3 nitrogen and oxygen atoms in total. The molecule has 0 aromatic heterocycles. The number of hydrogen-bond donors (Lipinski definition) is 1. The van der Waals surface area contributed by atoms with Crippen LogP contribution in [0, 0.1) is 0 Å². The standard InChI is InChI=1S/C24H46O3/c1-3-5-7-16-19-23(27-24(26)21-15-6-4-2)20-17-13-11-9-8-10-12-14-18-22-25/h13,17,23,25H,3-12,14-16,18-22H2,1-2H3/b17-13-/t23-/m1/s1. The van der Waals surface area contributed by atoms with E-state index in [0.29, 0.717) is 13.0 Å². The topological polar surface area (TPSA) is 46.5 Å². The van der Waals surface area contributed by atoms with Crippen LogP contribution in [0.5, 0.6) is 0 Å². The van der Waals surface area contributed by atoms with Crippen molar-refractivity contribution in [2.45, 2.75) is 129 Å². The van der Waals surface area contributed by atoms with Crippen LogP contribution in [0.15, 0.2) is 12.2 Å². The van der Waals surface area contributed by atoms with Crippen molar-refractivity contribution in [3.63, 3.8) is 0 Å². The molecule has 0 rings (SSSR count). The summed E-state index contributed by atoms with van der Waals surface area (Å²) >= 11 is 0. The summed E-state index contributed by atoms with van der Waals surface area (Å²) in [6.45, 7) is 4.70.